The molecule has 4 aliphatic rings. The third-order valence-electron chi connectivity index (χ3n) is 5.64. The monoisotopic (exact) mass is 330 g/mol. The molecule has 0 aromatic heterocycles. The molecule has 23 heavy (non-hydrogen) atoms. The lowest BCUT2D eigenvalue weighted by Crippen LogP contribution is -2.80. The van der Waals surface area contributed by atoms with Crippen LogP contribution in [0.1, 0.15) is 13.8 Å². The second-order valence-electron chi connectivity index (χ2n) is 7.90. The van der Waals surface area contributed by atoms with Gasteiger partial charge in [-0.2, -0.15) is 0 Å². The molecule has 5 N–H and O–H groups in total. The van der Waals surface area contributed by atoms with Crippen molar-refractivity contribution in [3.8, 4) is 0 Å². The molecule has 0 aliphatic carbocycles. The highest BCUT2D eigenvalue weighted by Gasteiger charge is 2.63. The zero-order valence-corrected chi connectivity index (χ0v) is 13.5. The van der Waals surface area contributed by atoms with Gasteiger partial charge in [0.25, 0.3) is 0 Å². The Morgan fingerprint density at radius 2 is 1.43 bits per heavy atom. The van der Waals surface area contributed by atoms with Crippen molar-refractivity contribution >= 4 is 5.78 Å². The lowest BCUT2D eigenvalue weighted by Gasteiger charge is -2.65. The van der Waals surface area contributed by atoms with Crippen LogP contribution < -0.4 is 0 Å². The van der Waals surface area contributed by atoms with E-state index in [9.17, 15) is 25.2 Å². The van der Waals surface area contributed by atoms with Crippen LogP contribution in [-0.2, 0) is 4.79 Å². The summed E-state index contributed by atoms with van der Waals surface area (Å²) in [6.45, 7) is 5.17. The van der Waals surface area contributed by atoms with Crippen molar-refractivity contribution in [2.24, 2.45) is 10.8 Å². The molecule has 8 heteroatoms. The summed E-state index contributed by atoms with van der Waals surface area (Å²) in [6, 6.07) is 0. The van der Waals surface area contributed by atoms with Crippen molar-refractivity contribution in [2.75, 3.05) is 32.8 Å². The summed E-state index contributed by atoms with van der Waals surface area (Å²) in [5.74, 6) is 0.252. The molecular formula is C15H26N2O6. The first-order chi connectivity index (χ1) is 10.6. The van der Waals surface area contributed by atoms with Crippen LogP contribution in [0.15, 0.2) is 0 Å². The first-order valence-electron chi connectivity index (χ1n) is 7.99. The Kier molecular flexibility index (Phi) is 4.08. The molecular weight excluding hydrogens is 304 g/mol. The van der Waals surface area contributed by atoms with E-state index in [1.165, 1.54) is 0 Å². The summed E-state index contributed by atoms with van der Waals surface area (Å²) in [5.41, 5.74) is -0.953. The lowest BCUT2D eigenvalue weighted by atomic mass is 9.61. The number of aliphatic hydroxyl groups is 5. The first kappa shape index (κ1) is 17.2. The van der Waals surface area contributed by atoms with Crippen molar-refractivity contribution in [3.63, 3.8) is 0 Å². The predicted molar refractivity (Wildman–Crippen MR) is 79.3 cm³/mol. The van der Waals surface area contributed by atoms with Crippen LogP contribution in [0.5, 0.6) is 0 Å². The molecule has 4 rings (SSSR count). The number of aliphatic hydroxyl groups excluding tert-OH is 5. The van der Waals surface area contributed by atoms with E-state index in [1.807, 2.05) is 23.6 Å². The standard InChI is InChI=1S/C15H26N2O6/c1-14-4-16-6-15(2,13(14)23)7-17(5-14)12(16)11(22)10(21)9(20)8(19)3-18/h8-12,18-22H,3-7H2,1-2H3/t8-,9+,10+,11-,12?,14?,15?/m1/s1. The second kappa shape index (κ2) is 5.45. The van der Waals surface area contributed by atoms with Gasteiger partial charge in [-0.25, -0.2) is 0 Å². The molecule has 4 atom stereocenters. The molecule has 4 fully saturated rings. The third kappa shape index (κ3) is 2.44. The highest BCUT2D eigenvalue weighted by molar-refractivity contribution is 5.92. The number of hydrogen-bond donors (Lipinski definition) is 5. The highest BCUT2D eigenvalue weighted by atomic mass is 16.4. The van der Waals surface area contributed by atoms with Crippen LogP contribution in [0.4, 0.5) is 0 Å². The van der Waals surface area contributed by atoms with Crippen LogP contribution in [-0.4, -0.2) is 104 Å². The quantitative estimate of drug-likeness (QED) is 0.361. The number of nitrogens with zero attached hydrogens (tertiary/aromatic N) is 2. The van der Waals surface area contributed by atoms with E-state index in [1.54, 1.807) is 0 Å². The van der Waals surface area contributed by atoms with Gasteiger partial charge >= 0.3 is 0 Å². The Balaban J connectivity index is 1.80. The Morgan fingerprint density at radius 3 is 1.83 bits per heavy atom. The molecule has 0 amide bonds. The number of ketones is 1. The molecule has 0 unspecified atom stereocenters. The average Bonchev–Trinajstić information content (AvgIpc) is 2.48. The number of rotatable bonds is 5. The maximum atomic E-state index is 12.6. The van der Waals surface area contributed by atoms with Crippen LogP contribution in [0, 0.1) is 10.8 Å². The maximum Gasteiger partial charge on any atom is 0.149 e. The number of piperidine rings is 2. The van der Waals surface area contributed by atoms with E-state index in [0.717, 1.165) is 0 Å². The van der Waals surface area contributed by atoms with E-state index in [-0.39, 0.29) is 5.78 Å². The van der Waals surface area contributed by atoms with Crippen LogP contribution in [0.3, 0.4) is 0 Å². The van der Waals surface area contributed by atoms with E-state index in [2.05, 4.69) is 0 Å². The van der Waals surface area contributed by atoms with Crippen LogP contribution in [0.2, 0.25) is 0 Å². The van der Waals surface area contributed by atoms with E-state index in [0.29, 0.717) is 26.2 Å². The molecule has 0 saturated carbocycles. The third-order valence-corrected chi connectivity index (χ3v) is 5.64. The number of carbonyl (C=O) groups is 1. The normalized spacial score (nSPS) is 47.4. The average molecular weight is 330 g/mol. The summed E-state index contributed by atoms with van der Waals surface area (Å²) in [5, 5.41) is 48.9. The Hall–Kier alpha value is -0.610. The van der Waals surface area contributed by atoms with Gasteiger partial charge < -0.3 is 25.5 Å². The SMILES string of the molecule is CC12CN3CC(C)(CN(C1)C3[C@H](O)[C@@H](O)[C@@H](O)[C@H](O)CO)C2=O. The molecule has 0 aromatic rings. The summed E-state index contributed by atoms with van der Waals surface area (Å²) in [7, 11) is 0. The fraction of sp³-hybridized carbons (Fsp3) is 0.933. The van der Waals surface area contributed by atoms with E-state index < -0.39 is 48.0 Å². The van der Waals surface area contributed by atoms with Crippen molar-refractivity contribution < 1.29 is 30.3 Å². The smallest absolute Gasteiger partial charge is 0.149 e. The Bertz CT molecular complexity index is 460. The number of carbonyl (C=O) groups excluding carboxylic acids is 1. The fourth-order valence-electron chi connectivity index (χ4n) is 4.77. The molecule has 0 spiro atoms. The van der Waals surface area contributed by atoms with Gasteiger partial charge in [-0.05, 0) is 0 Å². The minimum Gasteiger partial charge on any atom is -0.394 e. The zero-order chi connectivity index (χ0) is 17.2. The molecule has 4 heterocycles. The van der Waals surface area contributed by atoms with Gasteiger partial charge in [-0.1, -0.05) is 13.8 Å². The maximum absolute atomic E-state index is 12.6. The first-order valence-corrected chi connectivity index (χ1v) is 7.99. The molecule has 4 bridgehead atoms. The Labute approximate surface area is 134 Å². The highest BCUT2D eigenvalue weighted by Crippen LogP contribution is 2.48. The summed E-state index contributed by atoms with van der Waals surface area (Å²) >= 11 is 0. The van der Waals surface area contributed by atoms with E-state index in [4.69, 9.17) is 5.11 Å². The van der Waals surface area contributed by atoms with Gasteiger partial charge in [0, 0.05) is 26.2 Å². The van der Waals surface area contributed by atoms with Gasteiger partial charge in [-0.3, -0.25) is 14.6 Å². The minimum absolute atomic E-state index is 0.252. The van der Waals surface area contributed by atoms with Gasteiger partial charge in [0.1, 0.15) is 30.2 Å². The van der Waals surface area contributed by atoms with Crippen molar-refractivity contribution in [1.29, 1.82) is 0 Å². The van der Waals surface area contributed by atoms with Crippen molar-refractivity contribution in [1.82, 2.24) is 9.80 Å². The number of Topliss-reactive ketones (excluding diaryl/α,β-unsaturated/α-hetero) is 1. The minimum atomic E-state index is -1.64. The molecule has 8 nitrogen and oxygen atoms in total. The van der Waals surface area contributed by atoms with Gasteiger partial charge in [-0.15, -0.1) is 0 Å². The topological polar surface area (TPSA) is 125 Å². The molecule has 4 saturated heterocycles. The fourth-order valence-corrected chi connectivity index (χ4v) is 4.77. The lowest BCUT2D eigenvalue weighted by molar-refractivity contribution is -0.228. The summed E-state index contributed by atoms with van der Waals surface area (Å²) in [6.07, 6.45) is -6.57. The van der Waals surface area contributed by atoms with Crippen LogP contribution in [0.25, 0.3) is 0 Å². The van der Waals surface area contributed by atoms with Gasteiger partial charge in [0.2, 0.25) is 0 Å². The van der Waals surface area contributed by atoms with Gasteiger partial charge in [0.05, 0.1) is 23.6 Å². The largest absolute Gasteiger partial charge is 0.394 e. The van der Waals surface area contributed by atoms with Crippen molar-refractivity contribution in [2.45, 2.75) is 44.4 Å². The summed E-state index contributed by atoms with van der Waals surface area (Å²) in [4.78, 5) is 16.5. The molecule has 4 aliphatic heterocycles. The van der Waals surface area contributed by atoms with Gasteiger partial charge in [0.15, 0.2) is 0 Å². The van der Waals surface area contributed by atoms with E-state index >= 15 is 0 Å². The van der Waals surface area contributed by atoms with Crippen molar-refractivity contribution in [3.05, 3.63) is 0 Å². The zero-order valence-electron chi connectivity index (χ0n) is 13.5. The molecule has 0 radical (unpaired) electrons. The van der Waals surface area contributed by atoms with Crippen LogP contribution >= 0.6 is 0 Å². The summed E-state index contributed by atoms with van der Waals surface area (Å²) < 4.78 is 0. The predicted octanol–water partition coefficient (Wildman–Crippen LogP) is -3.03. The molecule has 132 valence electrons. The number of hydrogen-bond acceptors (Lipinski definition) is 8. The Morgan fingerprint density at radius 1 is 1.00 bits per heavy atom. The molecule has 0 aromatic carbocycles. The second-order valence-corrected chi connectivity index (χ2v) is 7.90.